The number of hydrogen-bond donors (Lipinski definition) is 1. The third-order valence-corrected chi connectivity index (χ3v) is 3.26. The number of rotatable bonds is 4. The molecule has 2 aromatic rings. The van der Waals surface area contributed by atoms with E-state index < -0.39 is 0 Å². The quantitative estimate of drug-likeness (QED) is 0.868. The second kappa shape index (κ2) is 5.79. The summed E-state index contributed by atoms with van der Waals surface area (Å²) < 4.78 is 15.3. The number of terminal acetylenes is 1. The van der Waals surface area contributed by atoms with E-state index >= 15 is 0 Å². The fourth-order valence-electron chi connectivity index (χ4n) is 2.24. The maximum Gasteiger partial charge on any atom is 0.132 e. The molecular weight excluding hydrogens is 253 g/mol. The highest BCUT2D eigenvalue weighted by molar-refractivity contribution is 5.73. The number of aromatic nitrogens is 2. The van der Waals surface area contributed by atoms with Gasteiger partial charge in [0.15, 0.2) is 0 Å². The van der Waals surface area contributed by atoms with E-state index in [0.29, 0.717) is 18.1 Å². The molecule has 1 aromatic heterocycles. The molecule has 0 amide bonds. The first-order valence-electron chi connectivity index (χ1n) is 6.63. The fourth-order valence-corrected chi connectivity index (χ4v) is 2.24. The summed E-state index contributed by atoms with van der Waals surface area (Å²) in [6.45, 7) is 4.36. The lowest BCUT2D eigenvalue weighted by Gasteiger charge is -2.06. The van der Waals surface area contributed by atoms with Crippen LogP contribution < -0.4 is 5.73 Å². The van der Waals surface area contributed by atoms with Crippen molar-refractivity contribution in [1.29, 1.82) is 0 Å². The predicted molar refractivity (Wildman–Crippen MR) is 79.6 cm³/mol. The zero-order chi connectivity index (χ0) is 14.7. The molecule has 0 radical (unpaired) electrons. The normalized spacial score (nSPS) is 10.5. The molecule has 2 N–H and O–H groups in total. The van der Waals surface area contributed by atoms with Crippen LogP contribution in [0.15, 0.2) is 18.2 Å². The molecular formula is C16H18FN3. The van der Waals surface area contributed by atoms with Crippen LogP contribution in [0.4, 0.5) is 10.2 Å². The minimum absolute atomic E-state index is 0.298. The SMILES string of the molecule is C#CCn1c(CCC)nc(-c2cc(F)ccc2C)c1N. The first-order valence-corrected chi connectivity index (χ1v) is 6.63. The van der Waals surface area contributed by atoms with Gasteiger partial charge >= 0.3 is 0 Å². The molecule has 0 aliphatic heterocycles. The summed E-state index contributed by atoms with van der Waals surface area (Å²) in [6, 6.07) is 4.62. The van der Waals surface area contributed by atoms with Crippen molar-refractivity contribution in [2.75, 3.05) is 5.73 Å². The highest BCUT2D eigenvalue weighted by Gasteiger charge is 2.17. The molecule has 0 spiro atoms. The summed E-state index contributed by atoms with van der Waals surface area (Å²) in [5.41, 5.74) is 8.42. The molecule has 0 aliphatic carbocycles. The highest BCUT2D eigenvalue weighted by Crippen LogP contribution is 2.30. The third kappa shape index (κ3) is 2.53. The predicted octanol–water partition coefficient (Wildman–Crippen LogP) is 3.17. The molecule has 0 fully saturated rings. The lowest BCUT2D eigenvalue weighted by Crippen LogP contribution is -2.06. The molecule has 2 rings (SSSR count). The average molecular weight is 271 g/mol. The summed E-state index contributed by atoms with van der Waals surface area (Å²) in [5.74, 6) is 3.63. The number of nitrogens with zero attached hydrogens (tertiary/aromatic N) is 2. The lowest BCUT2D eigenvalue weighted by atomic mass is 10.1. The van der Waals surface area contributed by atoms with Crippen molar-refractivity contribution in [2.45, 2.75) is 33.2 Å². The lowest BCUT2D eigenvalue weighted by molar-refractivity contribution is 0.628. The number of nitrogen functional groups attached to an aromatic ring is 1. The Bertz CT molecular complexity index is 665. The second-order valence-electron chi connectivity index (χ2n) is 4.76. The van der Waals surface area contributed by atoms with E-state index in [1.165, 1.54) is 12.1 Å². The molecule has 1 aromatic carbocycles. The van der Waals surface area contributed by atoms with Gasteiger partial charge in [-0.1, -0.05) is 18.9 Å². The van der Waals surface area contributed by atoms with E-state index in [2.05, 4.69) is 17.8 Å². The van der Waals surface area contributed by atoms with E-state index in [0.717, 1.165) is 29.8 Å². The number of anilines is 1. The first-order chi connectivity index (χ1) is 9.58. The summed E-state index contributed by atoms with van der Waals surface area (Å²) >= 11 is 0. The topological polar surface area (TPSA) is 43.8 Å². The minimum atomic E-state index is -0.298. The van der Waals surface area contributed by atoms with Gasteiger partial charge in [-0.2, -0.15) is 0 Å². The highest BCUT2D eigenvalue weighted by atomic mass is 19.1. The molecule has 4 heteroatoms. The van der Waals surface area contributed by atoms with Gasteiger partial charge in [0.1, 0.15) is 23.2 Å². The zero-order valence-corrected chi connectivity index (χ0v) is 11.8. The fraction of sp³-hybridized carbons (Fsp3) is 0.312. The van der Waals surface area contributed by atoms with Gasteiger partial charge in [0.05, 0.1) is 6.54 Å². The van der Waals surface area contributed by atoms with E-state index in [-0.39, 0.29) is 5.82 Å². The van der Waals surface area contributed by atoms with Crippen LogP contribution in [0, 0.1) is 25.1 Å². The zero-order valence-electron chi connectivity index (χ0n) is 11.8. The van der Waals surface area contributed by atoms with Crippen molar-refractivity contribution >= 4 is 5.82 Å². The van der Waals surface area contributed by atoms with E-state index in [9.17, 15) is 4.39 Å². The number of imidazole rings is 1. The Morgan fingerprint density at radius 3 is 2.85 bits per heavy atom. The largest absolute Gasteiger partial charge is 0.383 e. The number of aryl methyl sites for hydroxylation is 2. The number of nitrogens with two attached hydrogens (primary N) is 1. The molecule has 1 heterocycles. The average Bonchev–Trinajstić information content (AvgIpc) is 2.71. The molecule has 0 bridgehead atoms. The molecule has 0 saturated carbocycles. The third-order valence-electron chi connectivity index (χ3n) is 3.26. The molecule has 0 saturated heterocycles. The van der Waals surface area contributed by atoms with Gasteiger partial charge in [-0.15, -0.1) is 6.42 Å². The maximum atomic E-state index is 13.5. The van der Waals surface area contributed by atoms with Gasteiger partial charge in [0.25, 0.3) is 0 Å². The molecule has 20 heavy (non-hydrogen) atoms. The van der Waals surface area contributed by atoms with Gasteiger partial charge in [0, 0.05) is 12.0 Å². The molecule has 104 valence electrons. The summed E-state index contributed by atoms with van der Waals surface area (Å²) in [5, 5.41) is 0. The standard InChI is InChI=1S/C16H18FN3/c1-4-6-14-19-15(16(18)20(14)9-5-2)13-10-12(17)8-7-11(13)3/h2,7-8,10H,4,6,9,18H2,1,3H3. The molecule has 0 atom stereocenters. The van der Waals surface area contributed by atoms with Gasteiger partial charge < -0.3 is 10.3 Å². The number of benzene rings is 1. The number of hydrogen-bond acceptors (Lipinski definition) is 2. The van der Waals surface area contributed by atoms with Gasteiger partial charge in [-0.05, 0) is 31.0 Å². The van der Waals surface area contributed by atoms with Crippen LogP contribution >= 0.6 is 0 Å². The molecule has 0 unspecified atom stereocenters. The summed E-state index contributed by atoms with van der Waals surface area (Å²) in [7, 11) is 0. The Balaban J connectivity index is 2.60. The van der Waals surface area contributed by atoms with Crippen LogP contribution in [0.25, 0.3) is 11.3 Å². The Labute approximate surface area is 118 Å². The second-order valence-corrected chi connectivity index (χ2v) is 4.76. The summed E-state index contributed by atoms with van der Waals surface area (Å²) in [4.78, 5) is 4.57. The number of halogens is 1. The van der Waals surface area contributed by atoms with E-state index in [4.69, 9.17) is 12.2 Å². The first kappa shape index (κ1) is 14.1. The molecule has 0 aliphatic rings. The van der Waals surface area contributed by atoms with Crippen LogP contribution in [0.1, 0.15) is 24.7 Å². The Morgan fingerprint density at radius 1 is 1.45 bits per heavy atom. The van der Waals surface area contributed by atoms with Crippen molar-refractivity contribution in [2.24, 2.45) is 0 Å². The van der Waals surface area contributed by atoms with Crippen molar-refractivity contribution in [3.8, 4) is 23.6 Å². The van der Waals surface area contributed by atoms with Gasteiger partial charge in [-0.3, -0.25) is 0 Å². The van der Waals surface area contributed by atoms with Crippen molar-refractivity contribution in [1.82, 2.24) is 9.55 Å². The van der Waals surface area contributed by atoms with Gasteiger partial charge in [0.2, 0.25) is 0 Å². The Hall–Kier alpha value is -2.28. The van der Waals surface area contributed by atoms with E-state index in [1.807, 2.05) is 11.5 Å². The maximum absolute atomic E-state index is 13.5. The Morgan fingerprint density at radius 2 is 2.20 bits per heavy atom. The van der Waals surface area contributed by atoms with Crippen molar-refractivity contribution in [3.63, 3.8) is 0 Å². The van der Waals surface area contributed by atoms with Crippen LogP contribution in [0.2, 0.25) is 0 Å². The monoisotopic (exact) mass is 271 g/mol. The van der Waals surface area contributed by atoms with E-state index in [1.54, 1.807) is 6.07 Å². The smallest absolute Gasteiger partial charge is 0.132 e. The Kier molecular flexibility index (Phi) is 4.09. The van der Waals surface area contributed by atoms with Gasteiger partial charge in [-0.25, -0.2) is 9.37 Å². The van der Waals surface area contributed by atoms with Crippen molar-refractivity contribution < 1.29 is 4.39 Å². The van der Waals surface area contributed by atoms with Crippen LogP contribution in [-0.2, 0) is 13.0 Å². The minimum Gasteiger partial charge on any atom is -0.383 e. The molecule has 3 nitrogen and oxygen atoms in total. The van der Waals surface area contributed by atoms with Crippen LogP contribution in [-0.4, -0.2) is 9.55 Å². The van der Waals surface area contributed by atoms with Crippen molar-refractivity contribution in [3.05, 3.63) is 35.4 Å². The van der Waals surface area contributed by atoms with Crippen LogP contribution in [0.5, 0.6) is 0 Å². The van der Waals surface area contributed by atoms with Crippen LogP contribution in [0.3, 0.4) is 0 Å². The summed E-state index contributed by atoms with van der Waals surface area (Å²) in [6.07, 6.45) is 7.12.